The number of hydrogen-bond acceptors (Lipinski definition) is 5. The monoisotopic (exact) mass is 438 g/mol. The molecule has 1 fully saturated rings. The van der Waals surface area contributed by atoms with Crippen molar-refractivity contribution in [3.8, 4) is 17.2 Å². The van der Waals surface area contributed by atoms with E-state index in [0.717, 1.165) is 10.9 Å². The summed E-state index contributed by atoms with van der Waals surface area (Å²) in [4.78, 5) is 14.5. The number of aliphatic hydroxyl groups excluding tert-OH is 1. The molecule has 2 atom stereocenters. The average Bonchev–Trinajstić information content (AvgIpc) is 2.96. The van der Waals surface area contributed by atoms with Crippen LogP contribution in [0.4, 0.5) is 0 Å². The zero-order valence-electron chi connectivity index (χ0n) is 18.8. The Balaban J connectivity index is 1.33. The number of fused-ring (bicyclic) bond motifs is 1. The van der Waals surface area contributed by atoms with E-state index in [4.69, 9.17) is 14.2 Å². The number of likely N-dealkylation sites (tertiary alicyclic amines) is 1. The Labute approximate surface area is 188 Å². The van der Waals surface area contributed by atoms with Gasteiger partial charge in [0.1, 0.15) is 23.4 Å². The lowest BCUT2D eigenvalue weighted by atomic mass is 10.1. The molecule has 4 rings (SSSR count). The molecule has 0 aliphatic carbocycles. The summed E-state index contributed by atoms with van der Waals surface area (Å²) < 4.78 is 19.1. The molecule has 170 valence electrons. The van der Waals surface area contributed by atoms with Gasteiger partial charge >= 0.3 is 0 Å². The highest BCUT2D eigenvalue weighted by atomic mass is 16.5. The smallest absolute Gasteiger partial charge is 0.260 e. The van der Waals surface area contributed by atoms with Crippen molar-refractivity contribution in [1.82, 2.24) is 9.47 Å². The van der Waals surface area contributed by atoms with E-state index in [2.05, 4.69) is 17.6 Å². The first-order valence-corrected chi connectivity index (χ1v) is 10.9. The first-order chi connectivity index (χ1) is 15.4. The van der Waals surface area contributed by atoms with Gasteiger partial charge in [-0.15, -0.1) is 0 Å². The molecule has 7 heteroatoms. The van der Waals surface area contributed by atoms with Crippen LogP contribution in [0.5, 0.6) is 17.2 Å². The van der Waals surface area contributed by atoms with Crippen molar-refractivity contribution in [2.75, 3.05) is 26.8 Å². The molecule has 32 heavy (non-hydrogen) atoms. The number of aryl methyl sites for hydroxylation is 2. The maximum absolute atomic E-state index is 12.8. The zero-order valence-corrected chi connectivity index (χ0v) is 18.8. The van der Waals surface area contributed by atoms with Gasteiger partial charge in [-0.2, -0.15) is 0 Å². The van der Waals surface area contributed by atoms with Crippen molar-refractivity contribution in [3.05, 3.63) is 54.2 Å². The van der Waals surface area contributed by atoms with Crippen molar-refractivity contribution < 1.29 is 24.1 Å². The molecule has 1 aromatic heterocycles. The number of methoxy groups -OCH3 is 1. The molecule has 0 bridgehead atoms. The molecular formula is C25H30N2O5. The second-order valence-corrected chi connectivity index (χ2v) is 8.21. The number of aromatic nitrogens is 1. The van der Waals surface area contributed by atoms with Crippen LogP contribution in [0.15, 0.2) is 48.5 Å². The van der Waals surface area contributed by atoms with Crippen molar-refractivity contribution in [3.63, 3.8) is 0 Å². The highest BCUT2D eigenvalue weighted by Gasteiger charge is 2.28. The maximum atomic E-state index is 12.8. The third-order valence-electron chi connectivity index (χ3n) is 6.10. The fourth-order valence-corrected chi connectivity index (χ4v) is 4.09. The summed E-state index contributed by atoms with van der Waals surface area (Å²) in [6.07, 6.45) is -0.0390. The molecule has 0 radical (unpaired) electrons. The lowest BCUT2D eigenvalue weighted by Crippen LogP contribution is -2.36. The van der Waals surface area contributed by atoms with E-state index < -0.39 is 6.10 Å². The number of carbonyl (C=O) groups is 1. The van der Waals surface area contributed by atoms with E-state index >= 15 is 0 Å². The first kappa shape index (κ1) is 22.0. The average molecular weight is 439 g/mol. The predicted octanol–water partition coefficient (Wildman–Crippen LogP) is 3.31. The van der Waals surface area contributed by atoms with Gasteiger partial charge in [0, 0.05) is 49.2 Å². The number of ether oxygens (including phenoxy) is 3. The zero-order chi connectivity index (χ0) is 22.7. The van der Waals surface area contributed by atoms with Crippen LogP contribution in [0.25, 0.3) is 10.9 Å². The molecule has 2 heterocycles. The summed E-state index contributed by atoms with van der Waals surface area (Å²) in [5.74, 6) is 1.92. The van der Waals surface area contributed by atoms with Gasteiger partial charge in [-0.25, -0.2) is 0 Å². The van der Waals surface area contributed by atoms with Crippen LogP contribution in [-0.2, 0) is 11.8 Å². The minimum atomic E-state index is -0.649. The van der Waals surface area contributed by atoms with Crippen LogP contribution in [0.3, 0.4) is 0 Å². The minimum Gasteiger partial charge on any atom is -0.497 e. The van der Waals surface area contributed by atoms with Gasteiger partial charge in [0.05, 0.1) is 13.2 Å². The molecular weight excluding hydrogens is 408 g/mol. The van der Waals surface area contributed by atoms with E-state index in [1.54, 1.807) is 18.1 Å². The molecule has 1 N–H and O–H groups in total. The van der Waals surface area contributed by atoms with Gasteiger partial charge in [0.2, 0.25) is 0 Å². The highest BCUT2D eigenvalue weighted by molar-refractivity contribution is 5.83. The molecule has 2 aromatic carbocycles. The largest absolute Gasteiger partial charge is 0.497 e. The van der Waals surface area contributed by atoms with Gasteiger partial charge in [0.15, 0.2) is 6.61 Å². The van der Waals surface area contributed by atoms with Gasteiger partial charge in [-0.05, 0) is 49.7 Å². The first-order valence-electron chi connectivity index (χ1n) is 10.9. The summed E-state index contributed by atoms with van der Waals surface area (Å²) in [5, 5.41) is 11.6. The molecule has 0 saturated carbocycles. The number of benzene rings is 2. The van der Waals surface area contributed by atoms with Crippen LogP contribution in [0.1, 0.15) is 18.5 Å². The molecule has 1 saturated heterocycles. The van der Waals surface area contributed by atoms with E-state index in [1.807, 2.05) is 43.4 Å². The number of rotatable bonds is 6. The van der Waals surface area contributed by atoms with Crippen molar-refractivity contribution >= 4 is 16.8 Å². The molecule has 1 aliphatic heterocycles. The summed E-state index contributed by atoms with van der Waals surface area (Å²) in [5.41, 5.74) is 2.30. The third kappa shape index (κ3) is 4.83. The van der Waals surface area contributed by atoms with Crippen molar-refractivity contribution in [1.29, 1.82) is 0 Å². The SMILES string of the molecule is COc1cccc(O[C@H]2CCN(C(=O)COc3ccc4c(c3)cc(C)n4C)CC[C@@H]2O)c1. The minimum absolute atomic E-state index is 0.0329. The topological polar surface area (TPSA) is 73.2 Å². The van der Waals surface area contributed by atoms with Crippen LogP contribution < -0.4 is 14.2 Å². The second-order valence-electron chi connectivity index (χ2n) is 8.21. The Hall–Kier alpha value is -3.19. The summed E-state index contributed by atoms with van der Waals surface area (Å²) in [6, 6.07) is 15.3. The van der Waals surface area contributed by atoms with Gasteiger partial charge in [0.25, 0.3) is 5.91 Å². The number of carbonyl (C=O) groups excluding carboxylic acids is 1. The Morgan fingerprint density at radius 1 is 1.06 bits per heavy atom. The fourth-order valence-electron chi connectivity index (χ4n) is 4.09. The molecule has 3 aromatic rings. The normalized spacial score (nSPS) is 18.9. The number of amides is 1. The Morgan fingerprint density at radius 3 is 2.66 bits per heavy atom. The maximum Gasteiger partial charge on any atom is 0.260 e. The van der Waals surface area contributed by atoms with Gasteiger partial charge in [-0.3, -0.25) is 4.79 Å². The number of aliphatic hydroxyl groups is 1. The molecule has 0 unspecified atom stereocenters. The number of hydrogen-bond donors (Lipinski definition) is 1. The lowest BCUT2D eigenvalue weighted by molar-refractivity contribution is -0.133. The van der Waals surface area contributed by atoms with Crippen molar-refractivity contribution in [2.24, 2.45) is 7.05 Å². The Bertz CT molecular complexity index is 1090. The van der Waals surface area contributed by atoms with Gasteiger partial charge < -0.3 is 28.8 Å². The van der Waals surface area contributed by atoms with Crippen LogP contribution in [0.2, 0.25) is 0 Å². The standard InChI is InChI=1S/C25H30N2O5/c1-17-13-18-14-20(7-8-22(18)26(17)2)31-16-25(29)27-11-9-23(28)24(10-12-27)32-21-6-4-5-19(15-21)30-3/h4-8,13-15,23-24,28H,9-12,16H2,1-3H3/t23-,24-/m0/s1. The predicted molar refractivity (Wildman–Crippen MR) is 122 cm³/mol. The Morgan fingerprint density at radius 2 is 1.84 bits per heavy atom. The molecule has 7 nitrogen and oxygen atoms in total. The van der Waals surface area contributed by atoms with E-state index in [0.29, 0.717) is 43.2 Å². The summed E-state index contributed by atoms with van der Waals surface area (Å²) in [7, 11) is 3.63. The quantitative estimate of drug-likeness (QED) is 0.639. The molecule has 0 spiro atoms. The third-order valence-corrected chi connectivity index (χ3v) is 6.10. The van der Waals surface area contributed by atoms with Gasteiger partial charge in [-0.1, -0.05) is 6.07 Å². The van der Waals surface area contributed by atoms with Crippen LogP contribution in [-0.4, -0.2) is 59.5 Å². The highest BCUT2D eigenvalue weighted by Crippen LogP contribution is 2.25. The van der Waals surface area contributed by atoms with Crippen LogP contribution >= 0.6 is 0 Å². The molecule has 1 amide bonds. The van der Waals surface area contributed by atoms with E-state index in [-0.39, 0.29) is 18.6 Å². The van der Waals surface area contributed by atoms with Crippen LogP contribution in [0, 0.1) is 6.92 Å². The van der Waals surface area contributed by atoms with Crippen molar-refractivity contribution in [2.45, 2.75) is 32.0 Å². The number of nitrogens with zero attached hydrogens (tertiary/aromatic N) is 2. The summed E-state index contributed by atoms with van der Waals surface area (Å²) >= 11 is 0. The lowest BCUT2D eigenvalue weighted by Gasteiger charge is -2.22. The fraction of sp³-hybridized carbons (Fsp3) is 0.400. The summed E-state index contributed by atoms with van der Waals surface area (Å²) in [6.45, 7) is 3.00. The molecule has 1 aliphatic rings. The Kier molecular flexibility index (Phi) is 6.55. The van der Waals surface area contributed by atoms with E-state index in [1.165, 1.54) is 5.69 Å². The van der Waals surface area contributed by atoms with E-state index in [9.17, 15) is 9.90 Å². The second kappa shape index (κ2) is 9.53.